The van der Waals surface area contributed by atoms with Gasteiger partial charge in [-0.15, -0.1) is 0 Å². The van der Waals surface area contributed by atoms with E-state index in [1.165, 1.54) is 6.34 Å². The Kier molecular flexibility index (Phi) is 2.59. The zero-order valence-electron chi connectivity index (χ0n) is 5.63. The maximum absolute atomic E-state index is 11.9. The molecule has 0 spiro atoms. The average Bonchev–Trinajstić information content (AvgIpc) is 2.37. The first-order chi connectivity index (χ1) is 4.86. The molecule has 0 N–H and O–H groups in total. The minimum Gasteiger partial charge on any atom is -0.358 e. The number of rotatable bonds is 3. The topological polar surface area (TPSA) is 15.6 Å². The standard InChI is InChI=1S/C6H10F2N2/c7-1-2-10-4-6(3-8)9-5-10/h5-6H,1-4H2. The van der Waals surface area contributed by atoms with Crippen LogP contribution in [0.25, 0.3) is 0 Å². The molecule has 4 heteroatoms. The van der Waals surface area contributed by atoms with Crippen LogP contribution in [0.2, 0.25) is 0 Å². The average molecular weight is 148 g/mol. The van der Waals surface area contributed by atoms with Gasteiger partial charge in [0, 0.05) is 13.1 Å². The summed E-state index contributed by atoms with van der Waals surface area (Å²) in [7, 11) is 0. The molecule has 0 aromatic carbocycles. The van der Waals surface area contributed by atoms with E-state index in [2.05, 4.69) is 4.99 Å². The highest BCUT2D eigenvalue weighted by Crippen LogP contribution is 2.03. The van der Waals surface area contributed by atoms with Crippen LogP contribution >= 0.6 is 0 Å². The lowest BCUT2D eigenvalue weighted by Gasteiger charge is -2.11. The van der Waals surface area contributed by atoms with Gasteiger partial charge in [0.1, 0.15) is 13.3 Å². The Hall–Kier alpha value is -0.670. The minimum absolute atomic E-state index is 0.258. The first-order valence-corrected chi connectivity index (χ1v) is 3.26. The monoisotopic (exact) mass is 148 g/mol. The molecule has 1 aliphatic heterocycles. The van der Waals surface area contributed by atoms with Gasteiger partial charge in [0.05, 0.1) is 12.4 Å². The third-order valence-corrected chi connectivity index (χ3v) is 1.44. The number of nitrogens with zero attached hydrogens (tertiary/aromatic N) is 2. The molecule has 58 valence electrons. The molecule has 0 aromatic rings. The number of hydrogen-bond acceptors (Lipinski definition) is 2. The van der Waals surface area contributed by atoms with Crippen molar-refractivity contribution in [3.8, 4) is 0 Å². The van der Waals surface area contributed by atoms with Gasteiger partial charge in [0.15, 0.2) is 0 Å². The fraction of sp³-hybridized carbons (Fsp3) is 0.833. The summed E-state index contributed by atoms with van der Waals surface area (Å²) in [6.45, 7) is 0.0186. The predicted molar refractivity (Wildman–Crippen MR) is 35.8 cm³/mol. The van der Waals surface area contributed by atoms with Crippen LogP contribution in [-0.2, 0) is 0 Å². The van der Waals surface area contributed by atoms with Crippen molar-refractivity contribution in [1.82, 2.24) is 4.90 Å². The summed E-state index contributed by atoms with van der Waals surface area (Å²) in [4.78, 5) is 5.50. The molecule has 0 aromatic heterocycles. The molecule has 0 aliphatic carbocycles. The first kappa shape index (κ1) is 7.44. The molecule has 10 heavy (non-hydrogen) atoms. The molecule has 1 atom stereocenters. The molecule has 1 aliphatic rings. The van der Waals surface area contributed by atoms with Gasteiger partial charge in [0.2, 0.25) is 0 Å². The number of hydrogen-bond donors (Lipinski definition) is 0. The third-order valence-electron chi connectivity index (χ3n) is 1.44. The van der Waals surface area contributed by atoms with Crippen molar-refractivity contribution in [2.45, 2.75) is 6.04 Å². The number of alkyl halides is 2. The fourth-order valence-corrected chi connectivity index (χ4v) is 0.900. The van der Waals surface area contributed by atoms with Gasteiger partial charge in [-0.2, -0.15) is 0 Å². The van der Waals surface area contributed by atoms with Gasteiger partial charge in [-0.05, 0) is 0 Å². The van der Waals surface area contributed by atoms with Gasteiger partial charge in [0.25, 0.3) is 0 Å². The van der Waals surface area contributed by atoms with Crippen LogP contribution in [0.1, 0.15) is 0 Å². The van der Waals surface area contributed by atoms with E-state index in [1.807, 2.05) is 0 Å². The van der Waals surface area contributed by atoms with Gasteiger partial charge in [-0.1, -0.05) is 0 Å². The Bertz CT molecular complexity index is 127. The van der Waals surface area contributed by atoms with Crippen LogP contribution in [0.3, 0.4) is 0 Å². The van der Waals surface area contributed by atoms with Crippen molar-refractivity contribution < 1.29 is 8.78 Å². The summed E-state index contributed by atoms with van der Waals surface area (Å²) < 4.78 is 23.6. The Morgan fingerprint density at radius 3 is 2.90 bits per heavy atom. The Balaban J connectivity index is 2.24. The fourth-order valence-electron chi connectivity index (χ4n) is 0.900. The maximum atomic E-state index is 11.9. The normalized spacial score (nSPS) is 24.2. The second-order valence-corrected chi connectivity index (χ2v) is 2.26. The Labute approximate surface area is 58.5 Å². The number of aliphatic imine (C=N–C) groups is 1. The van der Waals surface area contributed by atoms with Gasteiger partial charge in [-0.25, -0.2) is 8.78 Å². The highest BCUT2D eigenvalue weighted by atomic mass is 19.1. The smallest absolute Gasteiger partial charge is 0.114 e. The van der Waals surface area contributed by atoms with E-state index in [1.54, 1.807) is 4.90 Å². The number of halogens is 2. The van der Waals surface area contributed by atoms with Crippen molar-refractivity contribution >= 4 is 6.34 Å². The van der Waals surface area contributed by atoms with Crippen LogP contribution in [0.5, 0.6) is 0 Å². The molecular formula is C6H10F2N2. The summed E-state index contributed by atoms with van der Waals surface area (Å²) >= 11 is 0. The summed E-state index contributed by atoms with van der Waals surface area (Å²) in [5.74, 6) is 0. The molecule has 2 nitrogen and oxygen atoms in total. The van der Waals surface area contributed by atoms with Gasteiger partial charge in [-0.3, -0.25) is 4.99 Å². The van der Waals surface area contributed by atoms with Crippen molar-refractivity contribution in [3.63, 3.8) is 0 Å². The van der Waals surface area contributed by atoms with Crippen molar-refractivity contribution in [2.75, 3.05) is 26.4 Å². The lowest BCUT2D eigenvalue weighted by molar-refractivity contribution is 0.340. The quantitative estimate of drug-likeness (QED) is 0.573. The van der Waals surface area contributed by atoms with Gasteiger partial charge >= 0.3 is 0 Å². The third kappa shape index (κ3) is 1.65. The van der Waals surface area contributed by atoms with E-state index in [9.17, 15) is 8.78 Å². The highest BCUT2D eigenvalue weighted by Gasteiger charge is 2.15. The molecule has 0 bridgehead atoms. The van der Waals surface area contributed by atoms with E-state index in [0.29, 0.717) is 13.1 Å². The molecule has 0 fully saturated rings. The van der Waals surface area contributed by atoms with Crippen molar-refractivity contribution in [3.05, 3.63) is 0 Å². The maximum Gasteiger partial charge on any atom is 0.114 e. The molecule has 0 radical (unpaired) electrons. The molecule has 1 rings (SSSR count). The van der Waals surface area contributed by atoms with Gasteiger partial charge < -0.3 is 4.90 Å². The zero-order chi connectivity index (χ0) is 7.40. The van der Waals surface area contributed by atoms with E-state index >= 15 is 0 Å². The SMILES string of the molecule is FCCN1C=NC(CF)C1. The largest absolute Gasteiger partial charge is 0.358 e. The van der Waals surface area contributed by atoms with Crippen molar-refractivity contribution in [1.29, 1.82) is 0 Å². The van der Waals surface area contributed by atoms with E-state index in [0.717, 1.165) is 0 Å². The van der Waals surface area contributed by atoms with Crippen LogP contribution in [0, 0.1) is 0 Å². The predicted octanol–water partition coefficient (Wildman–Crippen LogP) is 0.638. The van der Waals surface area contributed by atoms with E-state index < -0.39 is 13.3 Å². The molecule has 0 saturated heterocycles. The summed E-state index contributed by atoms with van der Waals surface area (Å²) in [5, 5.41) is 0. The van der Waals surface area contributed by atoms with Crippen LogP contribution in [0.15, 0.2) is 4.99 Å². The second-order valence-electron chi connectivity index (χ2n) is 2.26. The summed E-state index contributed by atoms with van der Waals surface area (Å²) in [6, 6.07) is -0.258. The van der Waals surface area contributed by atoms with Crippen LogP contribution in [-0.4, -0.2) is 43.7 Å². The van der Waals surface area contributed by atoms with Crippen LogP contribution < -0.4 is 0 Å². The highest BCUT2D eigenvalue weighted by molar-refractivity contribution is 5.57. The molecule has 0 amide bonds. The van der Waals surface area contributed by atoms with E-state index in [4.69, 9.17) is 0 Å². The lowest BCUT2D eigenvalue weighted by Crippen LogP contribution is -2.26. The second kappa shape index (κ2) is 3.49. The first-order valence-electron chi connectivity index (χ1n) is 3.26. The lowest BCUT2D eigenvalue weighted by atomic mass is 10.3. The molecule has 1 unspecified atom stereocenters. The van der Waals surface area contributed by atoms with Crippen molar-refractivity contribution in [2.24, 2.45) is 4.99 Å². The summed E-state index contributed by atoms with van der Waals surface area (Å²) in [5.41, 5.74) is 0. The minimum atomic E-state index is -0.445. The molecule has 1 heterocycles. The summed E-state index contributed by atoms with van der Waals surface area (Å²) in [6.07, 6.45) is 1.52. The van der Waals surface area contributed by atoms with Crippen LogP contribution in [0.4, 0.5) is 8.78 Å². The Morgan fingerprint density at radius 2 is 2.40 bits per heavy atom. The van der Waals surface area contributed by atoms with E-state index in [-0.39, 0.29) is 6.04 Å². The molecular weight excluding hydrogens is 138 g/mol. The zero-order valence-corrected chi connectivity index (χ0v) is 5.63. The molecule has 0 saturated carbocycles. The Morgan fingerprint density at radius 1 is 1.60 bits per heavy atom.